The lowest BCUT2D eigenvalue weighted by Crippen LogP contribution is -2.32. The van der Waals surface area contributed by atoms with E-state index in [1.54, 1.807) is 12.1 Å². The number of hydrogen-bond acceptors (Lipinski definition) is 6. The zero-order chi connectivity index (χ0) is 18.1. The molecule has 9 heteroatoms. The lowest BCUT2D eigenvalue weighted by Gasteiger charge is -2.26. The van der Waals surface area contributed by atoms with E-state index >= 15 is 0 Å². The molecule has 24 heavy (non-hydrogen) atoms. The van der Waals surface area contributed by atoms with Gasteiger partial charge in [-0.05, 0) is 30.2 Å². The number of phenolic OH excluding ortho intramolecular Hbond substituents is 3. The van der Waals surface area contributed by atoms with Crippen molar-refractivity contribution in [2.45, 2.75) is 18.6 Å². The van der Waals surface area contributed by atoms with E-state index in [0.29, 0.717) is 11.6 Å². The van der Waals surface area contributed by atoms with E-state index in [-0.39, 0.29) is 18.6 Å². The summed E-state index contributed by atoms with van der Waals surface area (Å²) >= 11 is 0. The number of aryl methyl sites for hydroxylation is 1. The Hall–Kier alpha value is -2.09. The molecule has 0 aliphatic heterocycles. The van der Waals surface area contributed by atoms with Gasteiger partial charge in [-0.1, -0.05) is 12.1 Å². The van der Waals surface area contributed by atoms with Gasteiger partial charge >= 0.3 is 7.60 Å². The molecule has 0 heterocycles. The molecule has 0 atom stereocenters. The van der Waals surface area contributed by atoms with Crippen molar-refractivity contribution in [2.75, 3.05) is 0 Å². The van der Waals surface area contributed by atoms with E-state index in [2.05, 4.69) is 0 Å². The van der Waals surface area contributed by atoms with Crippen molar-refractivity contribution in [1.82, 2.24) is 0 Å². The predicted octanol–water partition coefficient (Wildman–Crippen LogP) is 0.377. The molecule has 0 saturated heterocycles. The molecule has 2 rings (SSSR count). The van der Waals surface area contributed by atoms with Gasteiger partial charge in [0.05, 0.1) is 10.9 Å². The van der Waals surface area contributed by atoms with E-state index in [0.717, 1.165) is 6.07 Å². The molecule has 0 unspecified atom stereocenters. The third kappa shape index (κ3) is 4.05. The second kappa shape index (κ2) is 6.43. The van der Waals surface area contributed by atoms with Crippen molar-refractivity contribution < 1.29 is 39.9 Å². The summed E-state index contributed by atoms with van der Waals surface area (Å²) in [6.45, 7) is 0. The maximum Gasteiger partial charge on any atom is 0.356 e. The van der Waals surface area contributed by atoms with Crippen molar-refractivity contribution in [1.29, 1.82) is 0 Å². The molecule has 8 nitrogen and oxygen atoms in total. The molecule has 0 bridgehead atoms. The van der Waals surface area contributed by atoms with Crippen LogP contribution < -0.4 is 5.30 Å². The second-order valence-corrected chi connectivity index (χ2v) is 6.96. The van der Waals surface area contributed by atoms with Gasteiger partial charge in [0.1, 0.15) is 17.2 Å². The zero-order valence-corrected chi connectivity index (χ0v) is 13.3. The van der Waals surface area contributed by atoms with Gasteiger partial charge in [-0.15, -0.1) is 0 Å². The lowest BCUT2D eigenvalue weighted by molar-refractivity contribution is -0.174. The number of aromatic hydroxyl groups is 3. The number of benzene rings is 2. The highest BCUT2D eigenvalue weighted by Crippen LogP contribution is 2.43. The maximum absolute atomic E-state index is 11.5. The van der Waals surface area contributed by atoms with Crippen LogP contribution in [0, 0.1) is 0 Å². The normalized spacial score (nSPS) is 12.3. The molecule has 7 N–H and O–H groups in total. The van der Waals surface area contributed by atoms with Gasteiger partial charge < -0.3 is 35.3 Å². The summed E-state index contributed by atoms with van der Waals surface area (Å²) in [5, 5.41) is 48.1. The van der Waals surface area contributed by atoms with Gasteiger partial charge in [0, 0.05) is 12.5 Å². The van der Waals surface area contributed by atoms with Gasteiger partial charge in [0.2, 0.25) is 0 Å². The minimum Gasteiger partial charge on any atom is -0.508 e. The molecule has 2 aromatic carbocycles. The zero-order valence-electron chi connectivity index (χ0n) is 12.4. The summed E-state index contributed by atoms with van der Waals surface area (Å²) in [4.78, 5) is 18.7. The first-order valence-electron chi connectivity index (χ1n) is 6.86. The van der Waals surface area contributed by atoms with Crippen molar-refractivity contribution >= 4 is 12.9 Å². The number of aliphatic hydroxyl groups is 2. The Labute approximate surface area is 137 Å². The standard InChI is InChI=1S/C15H17O8P/c16-10-3-1-9(2-4-10)5-6-15(19,20)14-12(18)7-11(17)8-13(14)24(21,22)23/h1-4,7-8,16-20H,5-6H2,(H2,21,22,23). The Kier molecular flexibility index (Phi) is 4.89. The van der Waals surface area contributed by atoms with E-state index in [1.165, 1.54) is 12.1 Å². The van der Waals surface area contributed by atoms with E-state index in [9.17, 15) is 39.9 Å². The van der Waals surface area contributed by atoms with E-state index < -0.39 is 35.7 Å². The summed E-state index contributed by atoms with van der Waals surface area (Å²) in [5.41, 5.74) is -0.122. The van der Waals surface area contributed by atoms with Crippen LogP contribution in [0.2, 0.25) is 0 Å². The molecule has 0 aliphatic rings. The first-order valence-corrected chi connectivity index (χ1v) is 8.47. The second-order valence-electron chi connectivity index (χ2n) is 5.39. The molecule has 0 fully saturated rings. The van der Waals surface area contributed by atoms with Crippen molar-refractivity contribution in [3.8, 4) is 17.2 Å². The summed E-state index contributed by atoms with van der Waals surface area (Å²) < 4.78 is 11.5. The SMILES string of the molecule is O=P(O)(O)c1cc(O)cc(O)c1C(O)(O)CCc1ccc(O)cc1. The summed E-state index contributed by atoms with van der Waals surface area (Å²) in [6.07, 6.45) is -0.294. The highest BCUT2D eigenvalue weighted by Gasteiger charge is 2.37. The van der Waals surface area contributed by atoms with Crippen molar-refractivity contribution in [2.24, 2.45) is 0 Å². The van der Waals surface area contributed by atoms with Crippen molar-refractivity contribution in [3.05, 3.63) is 47.5 Å². The molecular weight excluding hydrogens is 339 g/mol. The smallest absolute Gasteiger partial charge is 0.356 e. The van der Waals surface area contributed by atoms with Crippen LogP contribution in [0.1, 0.15) is 17.5 Å². The fraction of sp³-hybridized carbons (Fsp3) is 0.200. The first-order chi connectivity index (χ1) is 11.0. The van der Waals surface area contributed by atoms with Gasteiger partial charge in [0.15, 0.2) is 5.79 Å². The molecular formula is C15H17O8P. The highest BCUT2D eigenvalue weighted by molar-refractivity contribution is 7.60. The Morgan fingerprint density at radius 3 is 2.04 bits per heavy atom. The molecule has 0 aliphatic carbocycles. The molecule has 0 aromatic heterocycles. The molecule has 0 radical (unpaired) electrons. The quantitative estimate of drug-likeness (QED) is 0.299. The third-order valence-electron chi connectivity index (χ3n) is 3.49. The van der Waals surface area contributed by atoms with E-state index in [1.807, 2.05) is 0 Å². The Bertz CT molecular complexity index is 779. The van der Waals surface area contributed by atoms with Gasteiger partial charge in [-0.25, -0.2) is 0 Å². The van der Waals surface area contributed by atoms with Crippen LogP contribution >= 0.6 is 7.60 Å². The minimum atomic E-state index is -4.98. The van der Waals surface area contributed by atoms with Crippen LogP contribution in [0.3, 0.4) is 0 Å². The molecule has 0 spiro atoms. The predicted molar refractivity (Wildman–Crippen MR) is 84.0 cm³/mol. The number of phenols is 3. The van der Waals surface area contributed by atoms with Crippen LogP contribution in [-0.4, -0.2) is 35.3 Å². The van der Waals surface area contributed by atoms with Crippen LogP contribution in [0.25, 0.3) is 0 Å². The number of rotatable bonds is 5. The third-order valence-corrected chi connectivity index (χ3v) is 4.47. The van der Waals surface area contributed by atoms with Gasteiger partial charge in [-0.3, -0.25) is 4.57 Å². The highest BCUT2D eigenvalue weighted by atomic mass is 31.2. The van der Waals surface area contributed by atoms with Gasteiger partial charge in [0.25, 0.3) is 0 Å². The van der Waals surface area contributed by atoms with Crippen LogP contribution in [0.4, 0.5) is 0 Å². The fourth-order valence-corrected chi connectivity index (χ4v) is 3.23. The van der Waals surface area contributed by atoms with Crippen LogP contribution in [0.15, 0.2) is 36.4 Å². The van der Waals surface area contributed by atoms with E-state index in [4.69, 9.17) is 0 Å². The Balaban J connectivity index is 2.38. The lowest BCUT2D eigenvalue weighted by atomic mass is 9.97. The molecule has 0 saturated carbocycles. The summed E-state index contributed by atoms with van der Waals surface area (Å²) in [7, 11) is -4.98. The number of hydrogen-bond donors (Lipinski definition) is 7. The van der Waals surface area contributed by atoms with Crippen LogP contribution in [-0.2, 0) is 16.8 Å². The average Bonchev–Trinajstić information content (AvgIpc) is 2.44. The fourth-order valence-electron chi connectivity index (χ4n) is 2.34. The maximum atomic E-state index is 11.5. The Morgan fingerprint density at radius 1 is 0.917 bits per heavy atom. The van der Waals surface area contributed by atoms with Crippen molar-refractivity contribution in [3.63, 3.8) is 0 Å². The summed E-state index contributed by atoms with van der Waals surface area (Å²) in [5.74, 6) is -4.17. The Morgan fingerprint density at radius 2 is 1.50 bits per heavy atom. The van der Waals surface area contributed by atoms with Gasteiger partial charge in [-0.2, -0.15) is 0 Å². The molecule has 0 amide bonds. The molecule has 2 aromatic rings. The largest absolute Gasteiger partial charge is 0.508 e. The topological polar surface area (TPSA) is 159 Å². The molecule has 130 valence electrons. The first kappa shape index (κ1) is 18.3. The summed E-state index contributed by atoms with van der Waals surface area (Å²) in [6, 6.07) is 7.35. The monoisotopic (exact) mass is 356 g/mol. The van der Waals surface area contributed by atoms with Crippen LogP contribution in [0.5, 0.6) is 17.2 Å². The minimum absolute atomic E-state index is 0.0398. The average molecular weight is 356 g/mol.